The predicted octanol–water partition coefficient (Wildman–Crippen LogP) is 5.06. The molecule has 106 valence electrons. The number of carbonyl (C=O) groups excluding carboxylic acids is 1. The van der Waals surface area contributed by atoms with Crippen molar-refractivity contribution in [1.82, 2.24) is 4.98 Å². The van der Waals surface area contributed by atoms with Gasteiger partial charge in [0, 0.05) is 10.6 Å². The van der Waals surface area contributed by atoms with Crippen LogP contribution < -0.4 is 0 Å². The van der Waals surface area contributed by atoms with E-state index in [4.69, 9.17) is 27.9 Å². The number of hydrogen-bond donors (Lipinski definition) is 0. The molecule has 0 bridgehead atoms. The Morgan fingerprint density at radius 2 is 2.00 bits per heavy atom. The molecule has 1 heterocycles. The Labute approximate surface area is 135 Å². The van der Waals surface area contributed by atoms with E-state index < -0.39 is 0 Å². The molecular formula is C15H9Cl2NO2S. The van der Waals surface area contributed by atoms with Crippen molar-refractivity contribution < 1.29 is 9.53 Å². The number of carbonyl (C=O) groups is 1. The monoisotopic (exact) mass is 337 g/mol. The van der Waals surface area contributed by atoms with E-state index in [0.717, 1.165) is 20.8 Å². The van der Waals surface area contributed by atoms with Crippen LogP contribution in [0.15, 0.2) is 36.4 Å². The third-order valence-electron chi connectivity index (χ3n) is 2.97. The molecule has 0 saturated carbocycles. The summed E-state index contributed by atoms with van der Waals surface area (Å²) in [5, 5.41) is 1.92. The summed E-state index contributed by atoms with van der Waals surface area (Å²) in [6, 6.07) is 10.6. The largest absolute Gasteiger partial charge is 0.465 e. The fourth-order valence-electron chi connectivity index (χ4n) is 1.95. The molecule has 0 N–H and O–H groups in total. The van der Waals surface area contributed by atoms with Gasteiger partial charge in [0.25, 0.3) is 0 Å². The van der Waals surface area contributed by atoms with Gasteiger partial charge in [-0.25, -0.2) is 9.78 Å². The highest BCUT2D eigenvalue weighted by molar-refractivity contribution is 7.21. The van der Waals surface area contributed by atoms with Crippen molar-refractivity contribution in [1.29, 1.82) is 0 Å². The molecule has 0 aliphatic carbocycles. The average molecular weight is 338 g/mol. The van der Waals surface area contributed by atoms with Crippen LogP contribution in [0.5, 0.6) is 0 Å². The molecule has 0 aliphatic rings. The van der Waals surface area contributed by atoms with Crippen LogP contribution in [0.3, 0.4) is 0 Å². The number of nitrogens with zero attached hydrogens (tertiary/aromatic N) is 1. The summed E-state index contributed by atoms with van der Waals surface area (Å²) in [4.78, 5) is 16.1. The second-order valence-electron chi connectivity index (χ2n) is 4.32. The second kappa shape index (κ2) is 5.64. The number of aromatic nitrogens is 1. The predicted molar refractivity (Wildman–Crippen MR) is 86.4 cm³/mol. The van der Waals surface area contributed by atoms with Crippen LogP contribution in [0.4, 0.5) is 0 Å². The summed E-state index contributed by atoms with van der Waals surface area (Å²) in [6.45, 7) is 0. The van der Waals surface area contributed by atoms with Gasteiger partial charge in [0.1, 0.15) is 5.01 Å². The molecular weight excluding hydrogens is 329 g/mol. The van der Waals surface area contributed by atoms with Crippen molar-refractivity contribution in [2.75, 3.05) is 7.11 Å². The van der Waals surface area contributed by atoms with Gasteiger partial charge >= 0.3 is 5.97 Å². The van der Waals surface area contributed by atoms with Gasteiger partial charge in [0.2, 0.25) is 0 Å². The van der Waals surface area contributed by atoms with Gasteiger partial charge in [-0.1, -0.05) is 23.2 Å². The number of thiazole rings is 1. The molecule has 0 radical (unpaired) electrons. The first kappa shape index (κ1) is 14.3. The lowest BCUT2D eigenvalue weighted by Gasteiger charge is -1.99. The van der Waals surface area contributed by atoms with Crippen molar-refractivity contribution in [3.63, 3.8) is 0 Å². The zero-order valence-electron chi connectivity index (χ0n) is 10.9. The normalized spacial score (nSPS) is 10.8. The summed E-state index contributed by atoms with van der Waals surface area (Å²) >= 11 is 13.6. The van der Waals surface area contributed by atoms with Crippen molar-refractivity contribution >= 4 is 50.7 Å². The molecule has 1 aromatic heterocycles. The van der Waals surface area contributed by atoms with E-state index in [0.29, 0.717) is 15.6 Å². The molecule has 3 aromatic rings. The summed E-state index contributed by atoms with van der Waals surface area (Å²) < 4.78 is 5.62. The summed E-state index contributed by atoms with van der Waals surface area (Å²) in [5.74, 6) is -0.364. The molecule has 0 saturated heterocycles. The van der Waals surface area contributed by atoms with Crippen LogP contribution in [-0.4, -0.2) is 18.1 Å². The van der Waals surface area contributed by atoms with Gasteiger partial charge in [-0.05, 0) is 36.4 Å². The number of ether oxygens (including phenoxy) is 1. The molecule has 0 amide bonds. The lowest BCUT2D eigenvalue weighted by atomic mass is 10.2. The van der Waals surface area contributed by atoms with E-state index in [1.807, 2.05) is 6.07 Å². The number of halogens is 2. The minimum Gasteiger partial charge on any atom is -0.465 e. The maximum atomic E-state index is 11.6. The number of fused-ring (bicyclic) bond motifs is 1. The lowest BCUT2D eigenvalue weighted by Crippen LogP contribution is -1.99. The summed E-state index contributed by atoms with van der Waals surface area (Å²) in [5.41, 5.74) is 2.14. The highest BCUT2D eigenvalue weighted by atomic mass is 35.5. The average Bonchev–Trinajstić information content (AvgIpc) is 2.88. The highest BCUT2D eigenvalue weighted by Crippen LogP contribution is 2.35. The smallest absolute Gasteiger partial charge is 0.337 e. The minimum atomic E-state index is -0.364. The minimum absolute atomic E-state index is 0.364. The number of methoxy groups -OCH3 is 1. The first-order valence-electron chi connectivity index (χ1n) is 6.03. The number of esters is 1. The van der Waals surface area contributed by atoms with Crippen molar-refractivity contribution in [3.8, 4) is 10.6 Å². The standard InChI is InChI=1S/C15H9Cl2NO2S/c1-20-15(19)8-2-5-12-13(6-8)21-14(18-12)10-4-3-9(16)7-11(10)17/h2-7H,1H3. The number of hydrogen-bond acceptors (Lipinski definition) is 4. The topological polar surface area (TPSA) is 39.2 Å². The Morgan fingerprint density at radius 3 is 2.71 bits per heavy atom. The fourth-order valence-corrected chi connectivity index (χ4v) is 3.55. The third-order valence-corrected chi connectivity index (χ3v) is 4.57. The first-order valence-corrected chi connectivity index (χ1v) is 7.60. The van der Waals surface area contributed by atoms with E-state index >= 15 is 0 Å². The van der Waals surface area contributed by atoms with Crippen LogP contribution in [-0.2, 0) is 4.74 Å². The van der Waals surface area contributed by atoms with Gasteiger partial charge in [-0.15, -0.1) is 11.3 Å². The van der Waals surface area contributed by atoms with Gasteiger partial charge in [0.15, 0.2) is 0 Å². The van der Waals surface area contributed by atoms with E-state index in [1.54, 1.807) is 30.3 Å². The van der Waals surface area contributed by atoms with Crippen LogP contribution in [0.25, 0.3) is 20.8 Å². The van der Waals surface area contributed by atoms with Crippen LogP contribution >= 0.6 is 34.5 Å². The van der Waals surface area contributed by atoms with Gasteiger partial charge in [-0.3, -0.25) is 0 Å². The first-order chi connectivity index (χ1) is 10.1. The fraction of sp³-hybridized carbons (Fsp3) is 0.0667. The quantitative estimate of drug-likeness (QED) is 0.613. The molecule has 0 aliphatic heterocycles. The van der Waals surface area contributed by atoms with E-state index in [-0.39, 0.29) is 5.97 Å². The molecule has 3 nitrogen and oxygen atoms in total. The molecule has 3 rings (SSSR count). The number of rotatable bonds is 2. The Balaban J connectivity index is 2.10. The maximum absolute atomic E-state index is 11.6. The number of benzene rings is 2. The van der Waals surface area contributed by atoms with E-state index in [1.165, 1.54) is 18.4 Å². The van der Waals surface area contributed by atoms with Crippen molar-refractivity contribution in [2.24, 2.45) is 0 Å². The van der Waals surface area contributed by atoms with Gasteiger partial charge in [-0.2, -0.15) is 0 Å². The highest BCUT2D eigenvalue weighted by Gasteiger charge is 2.12. The molecule has 2 aromatic carbocycles. The maximum Gasteiger partial charge on any atom is 0.337 e. The zero-order chi connectivity index (χ0) is 15.0. The Kier molecular flexibility index (Phi) is 3.85. The van der Waals surface area contributed by atoms with Gasteiger partial charge in [0.05, 0.1) is 27.9 Å². The molecule has 0 spiro atoms. The molecule has 21 heavy (non-hydrogen) atoms. The Bertz CT molecular complexity index is 845. The second-order valence-corrected chi connectivity index (χ2v) is 6.19. The van der Waals surface area contributed by atoms with Crippen molar-refractivity contribution in [2.45, 2.75) is 0 Å². The van der Waals surface area contributed by atoms with Crippen LogP contribution in [0.1, 0.15) is 10.4 Å². The summed E-state index contributed by atoms with van der Waals surface area (Å²) in [7, 11) is 1.36. The molecule has 0 fully saturated rings. The molecule has 0 unspecified atom stereocenters. The summed E-state index contributed by atoms with van der Waals surface area (Å²) in [6.07, 6.45) is 0. The van der Waals surface area contributed by atoms with Crippen LogP contribution in [0, 0.1) is 0 Å². The third kappa shape index (κ3) is 2.75. The SMILES string of the molecule is COC(=O)c1ccc2nc(-c3ccc(Cl)cc3Cl)sc2c1. The van der Waals surface area contributed by atoms with E-state index in [2.05, 4.69) is 4.98 Å². The molecule has 0 atom stereocenters. The van der Waals surface area contributed by atoms with Gasteiger partial charge < -0.3 is 4.74 Å². The van der Waals surface area contributed by atoms with E-state index in [9.17, 15) is 4.79 Å². The van der Waals surface area contributed by atoms with Crippen molar-refractivity contribution in [3.05, 3.63) is 52.0 Å². The Morgan fingerprint density at radius 1 is 1.19 bits per heavy atom. The lowest BCUT2D eigenvalue weighted by molar-refractivity contribution is 0.0601. The molecule has 6 heteroatoms. The zero-order valence-corrected chi connectivity index (χ0v) is 13.2. The van der Waals surface area contributed by atoms with Crippen LogP contribution in [0.2, 0.25) is 10.0 Å². The Hall–Kier alpha value is -1.62.